The monoisotopic (exact) mass is 494 g/mol. The average molecular weight is 494 g/mol. The summed E-state index contributed by atoms with van der Waals surface area (Å²) in [6.07, 6.45) is 0.0524. The molecular formula is C23H18N4O7S. The SMILES string of the molecule is O=C(O)c1csc(NC(=O)[C@H](Cc2ccccc2)N2C(=O)NC(c3ccc4c(c3)OCO4)C2=O)n1. The molecule has 5 rings (SSSR count). The third-order valence-corrected chi connectivity index (χ3v) is 6.30. The number of benzene rings is 2. The van der Waals surface area contributed by atoms with E-state index in [0.29, 0.717) is 17.1 Å². The zero-order valence-corrected chi connectivity index (χ0v) is 18.8. The number of aromatic nitrogens is 1. The van der Waals surface area contributed by atoms with Gasteiger partial charge in [0.1, 0.15) is 12.1 Å². The van der Waals surface area contributed by atoms with Gasteiger partial charge in [-0.15, -0.1) is 11.3 Å². The minimum absolute atomic E-state index is 0.0461. The van der Waals surface area contributed by atoms with Gasteiger partial charge in [-0.05, 0) is 23.3 Å². The van der Waals surface area contributed by atoms with Crippen LogP contribution < -0.4 is 20.1 Å². The quantitative estimate of drug-likeness (QED) is 0.424. The van der Waals surface area contributed by atoms with Crippen molar-refractivity contribution in [1.82, 2.24) is 15.2 Å². The fourth-order valence-corrected chi connectivity index (χ4v) is 4.55. The number of aromatic carboxylic acids is 1. The van der Waals surface area contributed by atoms with Gasteiger partial charge in [-0.1, -0.05) is 36.4 Å². The Kier molecular flexibility index (Phi) is 5.79. The number of carbonyl (C=O) groups is 4. The van der Waals surface area contributed by atoms with Crippen LogP contribution in [0.25, 0.3) is 0 Å². The molecule has 35 heavy (non-hydrogen) atoms. The van der Waals surface area contributed by atoms with Crippen LogP contribution >= 0.6 is 11.3 Å². The summed E-state index contributed by atoms with van der Waals surface area (Å²) in [5, 5.41) is 15.6. The highest BCUT2D eigenvalue weighted by Crippen LogP contribution is 2.36. The number of thiazole rings is 1. The van der Waals surface area contributed by atoms with Crippen LogP contribution in [0, 0.1) is 0 Å². The van der Waals surface area contributed by atoms with Crippen LogP contribution in [-0.4, -0.2) is 51.6 Å². The van der Waals surface area contributed by atoms with Crippen molar-refractivity contribution in [2.24, 2.45) is 0 Å². The zero-order valence-electron chi connectivity index (χ0n) is 18.0. The van der Waals surface area contributed by atoms with E-state index in [1.807, 2.05) is 6.07 Å². The standard InChI is InChI=1S/C23H18N4O7S/c28-19(26-22-24-14(10-35-22)21(30)31)15(8-12-4-2-1-3-5-12)27-20(29)18(25-23(27)32)13-6-7-16-17(9-13)34-11-33-16/h1-7,9-10,15,18H,8,11H2,(H,25,32)(H,30,31)(H,24,26,28)/t15-,18?/m0/s1. The van der Waals surface area contributed by atoms with Gasteiger partial charge in [0.2, 0.25) is 12.7 Å². The number of nitrogens with zero attached hydrogens (tertiary/aromatic N) is 2. The van der Waals surface area contributed by atoms with Gasteiger partial charge in [0, 0.05) is 11.8 Å². The fourth-order valence-electron chi connectivity index (χ4n) is 3.86. The summed E-state index contributed by atoms with van der Waals surface area (Å²) in [5.41, 5.74) is 0.993. The lowest BCUT2D eigenvalue weighted by atomic mass is 10.0. The molecule has 0 aliphatic carbocycles. The van der Waals surface area contributed by atoms with Gasteiger partial charge >= 0.3 is 12.0 Å². The molecule has 2 aromatic carbocycles. The van der Waals surface area contributed by atoms with Gasteiger partial charge in [-0.2, -0.15) is 0 Å². The maximum Gasteiger partial charge on any atom is 0.355 e. The number of ether oxygens (including phenoxy) is 2. The van der Waals surface area contributed by atoms with Crippen molar-refractivity contribution in [1.29, 1.82) is 0 Å². The first-order valence-corrected chi connectivity index (χ1v) is 11.4. The molecule has 3 heterocycles. The van der Waals surface area contributed by atoms with Crippen LogP contribution in [0.5, 0.6) is 11.5 Å². The van der Waals surface area contributed by atoms with Crippen molar-refractivity contribution < 1.29 is 33.8 Å². The summed E-state index contributed by atoms with van der Waals surface area (Å²) in [4.78, 5) is 55.5. The molecule has 0 saturated carbocycles. The molecule has 0 radical (unpaired) electrons. The Labute approximate surface area is 202 Å². The minimum Gasteiger partial charge on any atom is -0.476 e. The lowest BCUT2D eigenvalue weighted by molar-refractivity contribution is -0.134. The van der Waals surface area contributed by atoms with E-state index in [1.165, 1.54) is 5.38 Å². The normalized spacial score (nSPS) is 17.3. The highest BCUT2D eigenvalue weighted by molar-refractivity contribution is 7.14. The minimum atomic E-state index is -1.23. The number of carboxylic acid groups (broad SMARTS) is 1. The molecular weight excluding hydrogens is 476 g/mol. The van der Waals surface area contributed by atoms with Gasteiger partial charge in [0.15, 0.2) is 22.3 Å². The molecule has 178 valence electrons. The number of hydrogen-bond acceptors (Lipinski definition) is 8. The van der Waals surface area contributed by atoms with Crippen LogP contribution in [0.2, 0.25) is 0 Å². The topological polar surface area (TPSA) is 147 Å². The Morgan fingerprint density at radius 3 is 2.69 bits per heavy atom. The van der Waals surface area contributed by atoms with Gasteiger partial charge < -0.3 is 25.2 Å². The highest BCUT2D eigenvalue weighted by Gasteiger charge is 2.45. The van der Waals surface area contributed by atoms with Crippen molar-refractivity contribution in [3.63, 3.8) is 0 Å². The predicted molar refractivity (Wildman–Crippen MR) is 122 cm³/mol. The first kappa shape index (κ1) is 22.3. The van der Waals surface area contributed by atoms with Crippen LogP contribution in [-0.2, 0) is 16.0 Å². The molecule has 1 unspecified atom stereocenters. The Bertz CT molecular complexity index is 1330. The Balaban J connectivity index is 1.43. The van der Waals surface area contributed by atoms with E-state index in [2.05, 4.69) is 15.6 Å². The van der Waals surface area contributed by atoms with E-state index >= 15 is 0 Å². The van der Waals surface area contributed by atoms with E-state index in [-0.39, 0.29) is 24.0 Å². The number of imide groups is 1. The molecule has 0 spiro atoms. The Morgan fingerprint density at radius 2 is 1.94 bits per heavy atom. The molecule has 11 nitrogen and oxygen atoms in total. The summed E-state index contributed by atoms with van der Waals surface area (Å²) >= 11 is 0.929. The Morgan fingerprint density at radius 1 is 1.17 bits per heavy atom. The van der Waals surface area contributed by atoms with E-state index in [4.69, 9.17) is 14.6 Å². The van der Waals surface area contributed by atoms with Crippen LogP contribution in [0.1, 0.15) is 27.7 Å². The van der Waals surface area contributed by atoms with Gasteiger partial charge in [-0.3, -0.25) is 9.59 Å². The maximum atomic E-state index is 13.4. The molecule has 2 atom stereocenters. The van der Waals surface area contributed by atoms with Crippen molar-refractivity contribution in [3.8, 4) is 11.5 Å². The van der Waals surface area contributed by atoms with E-state index in [9.17, 15) is 19.2 Å². The lowest BCUT2D eigenvalue weighted by Crippen LogP contribution is -2.49. The molecule has 3 aromatic rings. The number of carboxylic acids is 1. The second-order valence-electron chi connectivity index (χ2n) is 7.74. The first-order chi connectivity index (χ1) is 16.9. The summed E-state index contributed by atoms with van der Waals surface area (Å²) in [5.74, 6) is -1.51. The lowest BCUT2D eigenvalue weighted by Gasteiger charge is -2.24. The fraction of sp³-hybridized carbons (Fsp3) is 0.174. The molecule has 12 heteroatoms. The summed E-state index contributed by atoms with van der Waals surface area (Å²) < 4.78 is 10.7. The van der Waals surface area contributed by atoms with Crippen molar-refractivity contribution in [3.05, 3.63) is 70.7 Å². The summed E-state index contributed by atoms with van der Waals surface area (Å²) in [6.45, 7) is 0.0650. The van der Waals surface area contributed by atoms with Crippen molar-refractivity contribution in [2.45, 2.75) is 18.5 Å². The van der Waals surface area contributed by atoms with Gasteiger partial charge in [-0.25, -0.2) is 19.5 Å². The van der Waals surface area contributed by atoms with Crippen molar-refractivity contribution in [2.75, 3.05) is 12.1 Å². The summed E-state index contributed by atoms with van der Waals surface area (Å²) in [7, 11) is 0. The first-order valence-electron chi connectivity index (χ1n) is 10.5. The third-order valence-electron chi connectivity index (χ3n) is 5.54. The molecule has 2 aliphatic rings. The second-order valence-corrected chi connectivity index (χ2v) is 8.60. The van der Waals surface area contributed by atoms with Gasteiger partial charge in [0.05, 0.1) is 0 Å². The number of anilines is 1. The molecule has 4 amide bonds. The number of urea groups is 1. The summed E-state index contributed by atoms with van der Waals surface area (Å²) in [6, 6.07) is 10.9. The van der Waals surface area contributed by atoms with E-state index < -0.39 is 35.9 Å². The van der Waals surface area contributed by atoms with E-state index in [0.717, 1.165) is 21.8 Å². The highest BCUT2D eigenvalue weighted by atomic mass is 32.1. The van der Waals surface area contributed by atoms with Crippen LogP contribution in [0.4, 0.5) is 9.93 Å². The molecule has 1 saturated heterocycles. The predicted octanol–water partition coefficient (Wildman–Crippen LogP) is 2.41. The molecule has 1 aromatic heterocycles. The maximum absolute atomic E-state index is 13.4. The van der Waals surface area contributed by atoms with E-state index in [1.54, 1.807) is 42.5 Å². The van der Waals surface area contributed by atoms with Gasteiger partial charge in [0.25, 0.3) is 5.91 Å². The molecule has 3 N–H and O–H groups in total. The molecule has 0 bridgehead atoms. The Hall–Kier alpha value is -4.45. The third kappa shape index (κ3) is 4.38. The average Bonchev–Trinajstić information content (AvgIpc) is 3.57. The number of nitrogens with one attached hydrogen (secondary N) is 2. The second kappa shape index (κ2) is 9.06. The zero-order chi connectivity index (χ0) is 24.5. The van der Waals surface area contributed by atoms with Crippen LogP contribution in [0.3, 0.4) is 0 Å². The number of rotatable bonds is 7. The number of amides is 4. The smallest absolute Gasteiger partial charge is 0.355 e. The largest absolute Gasteiger partial charge is 0.476 e. The van der Waals surface area contributed by atoms with Crippen LogP contribution in [0.15, 0.2) is 53.9 Å². The number of fused-ring (bicyclic) bond motifs is 1. The van der Waals surface area contributed by atoms with Crippen molar-refractivity contribution >= 4 is 40.3 Å². The number of hydrogen-bond donors (Lipinski definition) is 3. The molecule has 2 aliphatic heterocycles. The number of carbonyl (C=O) groups excluding carboxylic acids is 3. The molecule has 1 fully saturated rings.